The van der Waals surface area contributed by atoms with Crippen molar-refractivity contribution in [3.8, 4) is 17.6 Å². The van der Waals surface area contributed by atoms with Crippen LogP contribution in [0.3, 0.4) is 0 Å². The predicted molar refractivity (Wildman–Crippen MR) is 70.6 cm³/mol. The number of hydrogen-bond acceptors (Lipinski definition) is 2. The molecule has 1 atom stereocenters. The lowest BCUT2D eigenvalue weighted by molar-refractivity contribution is 0.0918. The van der Waals surface area contributed by atoms with Gasteiger partial charge in [-0.1, -0.05) is 11.8 Å². The molecule has 0 aliphatic rings. The molecule has 0 aliphatic heterocycles. The number of rotatable bonds is 5. The van der Waals surface area contributed by atoms with Gasteiger partial charge in [-0.15, -0.1) is 11.6 Å². The van der Waals surface area contributed by atoms with Gasteiger partial charge in [-0.05, 0) is 25.1 Å². The van der Waals surface area contributed by atoms with Gasteiger partial charge in [-0.2, -0.15) is 0 Å². The van der Waals surface area contributed by atoms with Crippen molar-refractivity contribution in [3.63, 3.8) is 0 Å². The molecule has 18 heavy (non-hydrogen) atoms. The lowest BCUT2D eigenvalue weighted by Gasteiger charge is -2.14. The highest BCUT2D eigenvalue weighted by Gasteiger charge is 2.08. The van der Waals surface area contributed by atoms with Crippen LogP contribution in [-0.2, 0) is 4.74 Å². The smallest absolute Gasteiger partial charge is 0.135 e. The Kier molecular flexibility index (Phi) is 6.56. The second-order valence-corrected chi connectivity index (χ2v) is 4.14. The van der Waals surface area contributed by atoms with Gasteiger partial charge < -0.3 is 9.47 Å². The van der Waals surface area contributed by atoms with E-state index in [1.807, 2.05) is 6.92 Å². The fourth-order valence-electron chi connectivity index (χ4n) is 1.39. The second-order valence-electron chi connectivity index (χ2n) is 3.77. The first-order valence-electron chi connectivity index (χ1n) is 5.67. The highest BCUT2D eigenvalue weighted by Crippen LogP contribution is 2.20. The third-order valence-electron chi connectivity index (χ3n) is 2.11. The van der Waals surface area contributed by atoms with Crippen LogP contribution in [0.4, 0.5) is 4.39 Å². The molecule has 0 fully saturated rings. The standard InChI is InChI=1S/C14H16ClFO2/c1-11(10-17-2)18-14-7-6-13(16)9-12(14)5-3-4-8-15/h6-7,9,11H,4,8,10H2,1-2H3. The summed E-state index contributed by atoms with van der Waals surface area (Å²) in [6, 6.07) is 4.28. The fourth-order valence-corrected chi connectivity index (χ4v) is 1.49. The van der Waals surface area contributed by atoms with Gasteiger partial charge in [0.05, 0.1) is 12.2 Å². The SMILES string of the molecule is COCC(C)Oc1ccc(F)cc1C#CCCCl. The van der Waals surface area contributed by atoms with Crippen molar-refractivity contribution >= 4 is 11.6 Å². The Balaban J connectivity index is 2.86. The Morgan fingerprint density at radius 2 is 2.22 bits per heavy atom. The van der Waals surface area contributed by atoms with Crippen LogP contribution in [-0.4, -0.2) is 25.7 Å². The van der Waals surface area contributed by atoms with Gasteiger partial charge in [-0.25, -0.2) is 4.39 Å². The minimum atomic E-state index is -0.336. The Labute approximate surface area is 112 Å². The summed E-state index contributed by atoms with van der Waals surface area (Å²) in [4.78, 5) is 0. The number of benzene rings is 1. The molecule has 0 radical (unpaired) electrons. The normalized spacial score (nSPS) is 11.6. The number of methoxy groups -OCH3 is 1. The molecule has 4 heteroatoms. The molecule has 0 saturated carbocycles. The van der Waals surface area contributed by atoms with E-state index in [9.17, 15) is 4.39 Å². The van der Waals surface area contributed by atoms with Crippen LogP contribution in [0.5, 0.6) is 5.75 Å². The first-order chi connectivity index (χ1) is 8.67. The van der Waals surface area contributed by atoms with Crippen LogP contribution < -0.4 is 4.74 Å². The Morgan fingerprint density at radius 3 is 2.89 bits per heavy atom. The molecule has 0 aromatic heterocycles. The van der Waals surface area contributed by atoms with Gasteiger partial charge in [-0.3, -0.25) is 0 Å². The van der Waals surface area contributed by atoms with Crippen molar-refractivity contribution in [3.05, 3.63) is 29.6 Å². The van der Waals surface area contributed by atoms with E-state index in [-0.39, 0.29) is 11.9 Å². The average molecular weight is 271 g/mol. The lowest BCUT2D eigenvalue weighted by Crippen LogP contribution is -2.18. The molecule has 0 aliphatic carbocycles. The number of ether oxygens (including phenoxy) is 2. The minimum Gasteiger partial charge on any atom is -0.487 e. The molecule has 1 aromatic carbocycles. The molecular weight excluding hydrogens is 255 g/mol. The van der Waals surface area contributed by atoms with E-state index in [1.54, 1.807) is 13.2 Å². The molecule has 1 unspecified atom stereocenters. The summed E-state index contributed by atoms with van der Waals surface area (Å²) in [5, 5.41) is 0. The first-order valence-corrected chi connectivity index (χ1v) is 6.20. The van der Waals surface area contributed by atoms with Crippen molar-refractivity contribution in [2.45, 2.75) is 19.4 Å². The van der Waals surface area contributed by atoms with E-state index >= 15 is 0 Å². The maximum Gasteiger partial charge on any atom is 0.135 e. The van der Waals surface area contributed by atoms with Gasteiger partial charge in [0.15, 0.2) is 0 Å². The second kappa shape index (κ2) is 7.97. The molecule has 1 aromatic rings. The Bertz CT molecular complexity index is 437. The summed E-state index contributed by atoms with van der Waals surface area (Å²) in [6.07, 6.45) is 0.444. The molecule has 0 heterocycles. The molecule has 98 valence electrons. The molecular formula is C14H16ClFO2. The van der Waals surface area contributed by atoms with Crippen molar-refractivity contribution in [2.24, 2.45) is 0 Å². The maximum atomic E-state index is 13.2. The number of hydrogen-bond donors (Lipinski definition) is 0. The number of halogens is 2. The highest BCUT2D eigenvalue weighted by molar-refractivity contribution is 6.18. The quantitative estimate of drug-likeness (QED) is 0.604. The van der Waals surface area contributed by atoms with E-state index in [0.717, 1.165) is 0 Å². The van der Waals surface area contributed by atoms with Crippen LogP contribution in [0, 0.1) is 17.7 Å². The number of alkyl halides is 1. The van der Waals surface area contributed by atoms with E-state index in [0.29, 0.717) is 30.2 Å². The monoisotopic (exact) mass is 270 g/mol. The van der Waals surface area contributed by atoms with Gasteiger partial charge in [0.25, 0.3) is 0 Å². The summed E-state index contributed by atoms with van der Waals surface area (Å²) < 4.78 is 23.8. The van der Waals surface area contributed by atoms with Gasteiger partial charge in [0.2, 0.25) is 0 Å². The van der Waals surface area contributed by atoms with E-state index in [1.165, 1.54) is 12.1 Å². The molecule has 0 amide bonds. The molecule has 2 nitrogen and oxygen atoms in total. The zero-order chi connectivity index (χ0) is 13.4. The van der Waals surface area contributed by atoms with Crippen LogP contribution in [0.15, 0.2) is 18.2 Å². The third-order valence-corrected chi connectivity index (χ3v) is 2.30. The summed E-state index contributed by atoms with van der Waals surface area (Å²) in [6.45, 7) is 2.34. The van der Waals surface area contributed by atoms with Gasteiger partial charge in [0, 0.05) is 19.4 Å². The molecule has 0 spiro atoms. The molecule has 0 bridgehead atoms. The third kappa shape index (κ3) is 4.95. The fraction of sp³-hybridized carbons (Fsp3) is 0.429. The molecule has 1 rings (SSSR count). The minimum absolute atomic E-state index is 0.117. The van der Waals surface area contributed by atoms with Crippen molar-refractivity contribution in [2.75, 3.05) is 19.6 Å². The van der Waals surface area contributed by atoms with Crippen molar-refractivity contribution < 1.29 is 13.9 Å². The van der Waals surface area contributed by atoms with E-state index < -0.39 is 0 Å². The van der Waals surface area contributed by atoms with Gasteiger partial charge in [0.1, 0.15) is 17.7 Å². The largest absolute Gasteiger partial charge is 0.487 e. The predicted octanol–water partition coefficient (Wildman–Crippen LogP) is 3.22. The summed E-state index contributed by atoms with van der Waals surface area (Å²) in [7, 11) is 1.60. The van der Waals surface area contributed by atoms with Crippen LogP contribution >= 0.6 is 11.6 Å². The topological polar surface area (TPSA) is 18.5 Å². The summed E-state index contributed by atoms with van der Waals surface area (Å²) >= 11 is 5.54. The van der Waals surface area contributed by atoms with Crippen LogP contribution in [0.2, 0.25) is 0 Å². The van der Waals surface area contributed by atoms with Gasteiger partial charge >= 0.3 is 0 Å². The zero-order valence-corrected chi connectivity index (χ0v) is 11.3. The highest BCUT2D eigenvalue weighted by atomic mass is 35.5. The lowest BCUT2D eigenvalue weighted by atomic mass is 10.2. The summed E-state index contributed by atoms with van der Waals surface area (Å²) in [5.41, 5.74) is 0.531. The van der Waals surface area contributed by atoms with Crippen LogP contribution in [0.1, 0.15) is 18.9 Å². The Hall–Kier alpha value is -1.24. The maximum absolute atomic E-state index is 13.2. The summed E-state index contributed by atoms with van der Waals surface area (Å²) in [5.74, 6) is 6.41. The van der Waals surface area contributed by atoms with Crippen molar-refractivity contribution in [1.29, 1.82) is 0 Å². The van der Waals surface area contributed by atoms with Crippen LogP contribution in [0.25, 0.3) is 0 Å². The molecule has 0 N–H and O–H groups in total. The molecule has 0 saturated heterocycles. The van der Waals surface area contributed by atoms with E-state index in [4.69, 9.17) is 21.1 Å². The average Bonchev–Trinajstić information content (AvgIpc) is 2.33. The Morgan fingerprint density at radius 1 is 1.44 bits per heavy atom. The van der Waals surface area contributed by atoms with Crippen molar-refractivity contribution in [1.82, 2.24) is 0 Å². The zero-order valence-electron chi connectivity index (χ0n) is 10.5. The first kappa shape index (κ1) is 14.8. The van der Waals surface area contributed by atoms with E-state index in [2.05, 4.69) is 11.8 Å².